The number of nitrogen functional groups attached to an aromatic ring is 1. The fraction of sp³-hybridized carbons (Fsp3) is 0.192. The van der Waals surface area contributed by atoms with Crippen molar-refractivity contribution < 1.29 is 23.5 Å². The summed E-state index contributed by atoms with van der Waals surface area (Å²) in [5.74, 6) is -2.44. The van der Waals surface area contributed by atoms with Gasteiger partial charge in [-0.3, -0.25) is 19.4 Å². The zero-order valence-electron chi connectivity index (χ0n) is 20.4. The van der Waals surface area contributed by atoms with Gasteiger partial charge in [0.05, 0.1) is 17.8 Å². The topological polar surface area (TPSA) is 154 Å². The van der Waals surface area contributed by atoms with Crippen molar-refractivity contribution >= 4 is 45.8 Å². The third-order valence-electron chi connectivity index (χ3n) is 5.79. The Labute approximate surface area is 221 Å². The molecule has 0 unspecified atom stereocenters. The standard InChI is InChI=1S/C26H25FN6O4S/c1-37-12-11-31-25(35)22(17-6-9-19-16(13-17)3-2-10-30-19)33(14-15-4-7-18(27)8-5-15)26(36)23-20(28)21(24(29)34)32-38-23/h2-10,13,22H,11-12,14,28H2,1H3,(H2,29,34)(H,31,35)/t22-/m0/s1. The van der Waals surface area contributed by atoms with Crippen LogP contribution in [-0.2, 0) is 16.1 Å². The minimum absolute atomic E-state index is 0.0435. The SMILES string of the molecule is COCCNC(=O)[C@H](c1ccc2ncccc2c1)N(Cc1ccc(F)cc1)C(=O)c1snc(C(N)=O)c1N. The number of rotatable bonds is 10. The molecule has 5 N–H and O–H groups in total. The molecule has 0 spiro atoms. The lowest BCUT2D eigenvalue weighted by atomic mass is 10.00. The number of amides is 3. The van der Waals surface area contributed by atoms with Crippen LogP contribution in [0.1, 0.15) is 37.3 Å². The first-order valence-corrected chi connectivity index (χ1v) is 12.3. The number of primary amides is 1. The lowest BCUT2D eigenvalue weighted by Crippen LogP contribution is -2.44. The first-order valence-electron chi connectivity index (χ1n) is 11.5. The van der Waals surface area contributed by atoms with E-state index < -0.39 is 29.6 Å². The third-order valence-corrected chi connectivity index (χ3v) is 6.64. The van der Waals surface area contributed by atoms with Crippen molar-refractivity contribution in [1.29, 1.82) is 0 Å². The molecule has 4 rings (SSSR count). The Balaban J connectivity index is 1.84. The van der Waals surface area contributed by atoms with Crippen molar-refractivity contribution in [1.82, 2.24) is 19.6 Å². The van der Waals surface area contributed by atoms with E-state index in [-0.39, 0.29) is 36.0 Å². The van der Waals surface area contributed by atoms with Crippen molar-refractivity contribution in [3.63, 3.8) is 0 Å². The zero-order valence-corrected chi connectivity index (χ0v) is 21.2. The van der Waals surface area contributed by atoms with E-state index in [1.165, 1.54) is 36.3 Å². The highest BCUT2D eigenvalue weighted by Crippen LogP contribution is 2.31. The summed E-state index contributed by atoms with van der Waals surface area (Å²) < 4.78 is 22.6. The van der Waals surface area contributed by atoms with Crippen LogP contribution >= 0.6 is 11.5 Å². The number of fused-ring (bicyclic) bond motifs is 1. The summed E-state index contributed by atoms with van der Waals surface area (Å²) in [6, 6.07) is 13.3. The average Bonchev–Trinajstić information content (AvgIpc) is 3.30. The maximum Gasteiger partial charge on any atom is 0.270 e. The molecule has 0 aliphatic rings. The number of nitrogens with two attached hydrogens (primary N) is 2. The van der Waals surface area contributed by atoms with Crippen molar-refractivity contribution in [3.8, 4) is 0 Å². The molecule has 2 heterocycles. The number of benzene rings is 2. The number of ether oxygens (including phenoxy) is 1. The molecule has 0 saturated heterocycles. The summed E-state index contributed by atoms with van der Waals surface area (Å²) in [5, 5.41) is 3.56. The number of methoxy groups -OCH3 is 1. The Hall–Kier alpha value is -4.42. The number of carbonyl (C=O) groups is 3. The van der Waals surface area contributed by atoms with E-state index in [0.29, 0.717) is 28.2 Å². The minimum atomic E-state index is -1.13. The average molecular weight is 537 g/mol. The molecule has 1 atom stereocenters. The van der Waals surface area contributed by atoms with Crippen LogP contribution in [0.15, 0.2) is 60.8 Å². The highest BCUT2D eigenvalue weighted by Gasteiger charge is 2.35. The van der Waals surface area contributed by atoms with Crippen LogP contribution in [0.3, 0.4) is 0 Å². The Morgan fingerprint density at radius 2 is 1.92 bits per heavy atom. The van der Waals surface area contributed by atoms with Gasteiger partial charge < -0.3 is 26.4 Å². The van der Waals surface area contributed by atoms with Crippen LogP contribution in [-0.4, -0.2) is 52.2 Å². The first kappa shape index (κ1) is 26.6. The summed E-state index contributed by atoms with van der Waals surface area (Å²) in [6.45, 7) is 0.389. The van der Waals surface area contributed by atoms with E-state index in [4.69, 9.17) is 16.2 Å². The molecule has 4 aromatic rings. The normalized spacial score (nSPS) is 11.7. The fourth-order valence-electron chi connectivity index (χ4n) is 3.94. The predicted octanol–water partition coefficient (Wildman–Crippen LogP) is 2.66. The number of nitrogens with one attached hydrogen (secondary N) is 1. The molecule has 12 heteroatoms. The Morgan fingerprint density at radius 3 is 2.61 bits per heavy atom. The lowest BCUT2D eigenvalue weighted by molar-refractivity contribution is -0.126. The summed E-state index contributed by atoms with van der Waals surface area (Å²) in [4.78, 5) is 44.9. The van der Waals surface area contributed by atoms with Crippen molar-refractivity contribution in [2.24, 2.45) is 5.73 Å². The maximum atomic E-state index is 14.0. The van der Waals surface area contributed by atoms with Gasteiger partial charge in [0.1, 0.15) is 16.7 Å². The summed E-state index contributed by atoms with van der Waals surface area (Å²) in [7, 11) is 1.51. The Bertz CT molecular complexity index is 1480. The molecule has 2 aromatic heterocycles. The summed E-state index contributed by atoms with van der Waals surface area (Å²) >= 11 is 0.714. The molecule has 0 aliphatic carbocycles. The van der Waals surface area contributed by atoms with Crippen LogP contribution < -0.4 is 16.8 Å². The Kier molecular flexibility index (Phi) is 8.24. The molecule has 2 aromatic carbocycles. The molecular weight excluding hydrogens is 511 g/mol. The number of halogens is 1. The smallest absolute Gasteiger partial charge is 0.270 e. The number of carbonyl (C=O) groups excluding carboxylic acids is 3. The van der Waals surface area contributed by atoms with Crippen molar-refractivity contribution in [3.05, 3.63) is 88.3 Å². The molecule has 0 bridgehead atoms. The monoisotopic (exact) mass is 536 g/mol. The Morgan fingerprint density at radius 1 is 1.16 bits per heavy atom. The van der Waals surface area contributed by atoms with E-state index >= 15 is 0 Å². The van der Waals surface area contributed by atoms with E-state index in [1.807, 2.05) is 6.07 Å². The van der Waals surface area contributed by atoms with Gasteiger partial charge in [0.15, 0.2) is 5.69 Å². The molecule has 3 amide bonds. The van der Waals surface area contributed by atoms with Crippen LogP contribution in [0.25, 0.3) is 10.9 Å². The third kappa shape index (κ3) is 5.76. The minimum Gasteiger partial charge on any atom is -0.395 e. The number of nitrogens with zero attached hydrogens (tertiary/aromatic N) is 3. The van der Waals surface area contributed by atoms with Crippen LogP contribution in [0.2, 0.25) is 0 Å². The molecule has 38 heavy (non-hydrogen) atoms. The van der Waals surface area contributed by atoms with Crippen molar-refractivity contribution in [2.45, 2.75) is 12.6 Å². The highest BCUT2D eigenvalue weighted by atomic mass is 32.1. The first-order chi connectivity index (χ1) is 18.3. The van der Waals surface area contributed by atoms with Crippen LogP contribution in [0.5, 0.6) is 0 Å². The number of aromatic nitrogens is 2. The maximum absolute atomic E-state index is 14.0. The van der Waals surface area contributed by atoms with Gasteiger partial charge in [0, 0.05) is 31.8 Å². The molecule has 0 fully saturated rings. The molecule has 0 saturated carbocycles. The molecular formula is C26H25FN6O4S. The van der Waals surface area contributed by atoms with Gasteiger partial charge in [-0.25, -0.2) is 4.39 Å². The summed E-state index contributed by atoms with van der Waals surface area (Å²) in [6.07, 6.45) is 1.66. The highest BCUT2D eigenvalue weighted by molar-refractivity contribution is 7.09. The number of hydrogen-bond donors (Lipinski definition) is 3. The molecule has 196 valence electrons. The summed E-state index contributed by atoms with van der Waals surface area (Å²) in [5.41, 5.74) is 12.8. The second-order valence-electron chi connectivity index (χ2n) is 8.34. The lowest BCUT2D eigenvalue weighted by Gasteiger charge is -2.31. The second-order valence-corrected chi connectivity index (χ2v) is 9.11. The quantitative estimate of drug-likeness (QED) is 0.263. The van der Waals surface area contributed by atoms with E-state index in [2.05, 4.69) is 14.7 Å². The van der Waals surface area contributed by atoms with Crippen LogP contribution in [0, 0.1) is 5.82 Å². The zero-order chi connectivity index (χ0) is 27.2. The van der Waals surface area contributed by atoms with Gasteiger partial charge in [-0.15, -0.1) is 0 Å². The van der Waals surface area contributed by atoms with Crippen LogP contribution in [0.4, 0.5) is 10.1 Å². The van der Waals surface area contributed by atoms with Gasteiger partial charge in [-0.2, -0.15) is 4.37 Å². The second kappa shape index (κ2) is 11.8. The number of hydrogen-bond acceptors (Lipinski definition) is 8. The molecule has 0 aliphatic heterocycles. The van der Waals surface area contributed by atoms with E-state index in [9.17, 15) is 18.8 Å². The van der Waals surface area contributed by atoms with Gasteiger partial charge in [-0.05, 0) is 53.0 Å². The number of anilines is 1. The largest absolute Gasteiger partial charge is 0.395 e. The molecule has 10 nitrogen and oxygen atoms in total. The van der Waals surface area contributed by atoms with Crippen molar-refractivity contribution in [2.75, 3.05) is 26.0 Å². The number of pyridine rings is 1. The van der Waals surface area contributed by atoms with Gasteiger partial charge in [0.2, 0.25) is 5.91 Å². The van der Waals surface area contributed by atoms with Gasteiger partial charge >= 0.3 is 0 Å². The molecule has 0 radical (unpaired) electrons. The van der Waals surface area contributed by atoms with Gasteiger partial charge in [-0.1, -0.05) is 24.3 Å². The predicted molar refractivity (Wildman–Crippen MR) is 141 cm³/mol. The van der Waals surface area contributed by atoms with E-state index in [1.54, 1.807) is 30.5 Å². The van der Waals surface area contributed by atoms with Gasteiger partial charge in [0.25, 0.3) is 11.8 Å². The fourth-order valence-corrected chi connectivity index (χ4v) is 4.70. The van der Waals surface area contributed by atoms with E-state index in [0.717, 1.165) is 5.39 Å².